The number of likely N-dealkylation sites (tertiary alicyclic amines) is 1. The van der Waals surface area contributed by atoms with Crippen molar-refractivity contribution in [3.05, 3.63) is 0 Å². The van der Waals surface area contributed by atoms with E-state index in [2.05, 4.69) is 11.9 Å². The first-order valence-corrected chi connectivity index (χ1v) is 3.99. The average Bonchev–Trinajstić information content (AvgIpc) is 2.09. The largest absolute Gasteiger partial charge is 0.306 e. The molecule has 0 amide bonds. The molecule has 0 saturated carbocycles. The highest BCUT2D eigenvalue weighted by atomic mass is 15.1. The van der Waals surface area contributed by atoms with E-state index in [0.29, 0.717) is 0 Å². The first-order valence-electron chi connectivity index (χ1n) is 3.99. The Morgan fingerprint density at radius 1 is 1.44 bits per heavy atom. The Balaban J connectivity index is 1.99. The topological polar surface area (TPSA) is 3.24 Å². The van der Waals surface area contributed by atoms with Crippen molar-refractivity contribution >= 4 is 7.28 Å². The highest BCUT2D eigenvalue weighted by Crippen LogP contribution is 2.44. The van der Waals surface area contributed by atoms with Gasteiger partial charge in [-0.3, -0.25) is 0 Å². The summed E-state index contributed by atoms with van der Waals surface area (Å²) in [6.45, 7) is 2.73. The summed E-state index contributed by atoms with van der Waals surface area (Å²) < 4.78 is 0. The van der Waals surface area contributed by atoms with Crippen molar-refractivity contribution in [2.24, 2.45) is 5.41 Å². The van der Waals surface area contributed by atoms with Gasteiger partial charge in [0.1, 0.15) is 7.28 Å². The Labute approximate surface area is 57.7 Å². The van der Waals surface area contributed by atoms with Crippen molar-refractivity contribution in [2.75, 3.05) is 20.1 Å². The van der Waals surface area contributed by atoms with Crippen LogP contribution in [0.2, 0.25) is 12.6 Å². The molecule has 50 valence electrons. The van der Waals surface area contributed by atoms with Gasteiger partial charge in [-0.05, 0) is 25.4 Å². The molecule has 0 N–H and O–H groups in total. The van der Waals surface area contributed by atoms with Crippen molar-refractivity contribution in [3.63, 3.8) is 0 Å². The molecular weight excluding hydrogens is 109 g/mol. The van der Waals surface area contributed by atoms with E-state index in [1.807, 2.05) is 0 Å². The molecule has 2 fully saturated rings. The minimum absolute atomic E-state index is 0.814. The molecule has 1 nitrogen and oxygen atoms in total. The van der Waals surface area contributed by atoms with Gasteiger partial charge in [0.05, 0.1) is 0 Å². The predicted molar refractivity (Wildman–Crippen MR) is 41.3 cm³/mol. The second kappa shape index (κ2) is 1.75. The minimum atomic E-state index is 0.814. The molecule has 0 bridgehead atoms. The molecule has 2 heteroatoms. The number of rotatable bonds is 0. The Kier molecular flexibility index (Phi) is 1.13. The fourth-order valence-electron chi connectivity index (χ4n) is 2.24. The van der Waals surface area contributed by atoms with Crippen LogP contribution in [0.5, 0.6) is 0 Å². The van der Waals surface area contributed by atoms with Gasteiger partial charge in [0, 0.05) is 6.54 Å². The molecule has 0 radical (unpaired) electrons. The standard InChI is InChI=1S/C7H14BN/c1-9-3-2-7(6-9)4-8-5-7/h8H,2-6H2,1H3. The van der Waals surface area contributed by atoms with E-state index in [1.54, 1.807) is 0 Å². The van der Waals surface area contributed by atoms with Crippen molar-refractivity contribution in [1.29, 1.82) is 0 Å². The normalized spacial score (nSPS) is 32.1. The molecule has 2 aliphatic heterocycles. The van der Waals surface area contributed by atoms with Gasteiger partial charge in [0.25, 0.3) is 0 Å². The van der Waals surface area contributed by atoms with Gasteiger partial charge in [-0.1, -0.05) is 12.6 Å². The molecule has 2 saturated heterocycles. The summed E-state index contributed by atoms with van der Waals surface area (Å²) in [6.07, 6.45) is 4.50. The first-order chi connectivity index (χ1) is 4.31. The van der Waals surface area contributed by atoms with Gasteiger partial charge in [0.2, 0.25) is 0 Å². The Bertz CT molecular complexity index is 120. The zero-order valence-electron chi connectivity index (χ0n) is 6.19. The zero-order valence-corrected chi connectivity index (χ0v) is 6.19. The zero-order chi connectivity index (χ0) is 6.32. The van der Waals surface area contributed by atoms with Crippen LogP contribution in [0.1, 0.15) is 6.42 Å². The van der Waals surface area contributed by atoms with Crippen LogP contribution in [0.15, 0.2) is 0 Å². The summed E-state index contributed by atoms with van der Waals surface area (Å²) in [7, 11) is 3.74. The molecule has 1 spiro atoms. The molecule has 0 aromatic carbocycles. The van der Waals surface area contributed by atoms with Crippen LogP contribution >= 0.6 is 0 Å². The molecule has 9 heavy (non-hydrogen) atoms. The Morgan fingerprint density at radius 3 is 2.44 bits per heavy atom. The maximum absolute atomic E-state index is 2.47. The molecule has 0 aliphatic carbocycles. The lowest BCUT2D eigenvalue weighted by Gasteiger charge is -2.37. The third kappa shape index (κ3) is 0.805. The summed E-state index contributed by atoms with van der Waals surface area (Å²) in [5, 5.41) is 0. The summed E-state index contributed by atoms with van der Waals surface area (Å²) in [4.78, 5) is 2.47. The molecule has 0 aromatic heterocycles. The van der Waals surface area contributed by atoms with E-state index < -0.39 is 0 Å². The Morgan fingerprint density at radius 2 is 2.22 bits per heavy atom. The molecule has 2 aliphatic rings. The molecule has 2 rings (SSSR count). The SMILES string of the molecule is CN1CCC2(CBC2)C1. The second-order valence-electron chi connectivity index (χ2n) is 3.84. The summed E-state index contributed by atoms with van der Waals surface area (Å²) in [5.41, 5.74) is 0.814. The highest BCUT2D eigenvalue weighted by Gasteiger charge is 2.41. The lowest BCUT2D eigenvalue weighted by atomic mass is 9.42. The number of hydrogen-bond acceptors (Lipinski definition) is 1. The van der Waals surface area contributed by atoms with E-state index in [4.69, 9.17) is 0 Å². The van der Waals surface area contributed by atoms with E-state index in [1.165, 1.54) is 39.4 Å². The van der Waals surface area contributed by atoms with Crippen LogP contribution in [0.3, 0.4) is 0 Å². The fraction of sp³-hybridized carbons (Fsp3) is 1.00. The smallest absolute Gasteiger partial charge is 0.121 e. The molecule has 0 atom stereocenters. The van der Waals surface area contributed by atoms with Crippen LogP contribution in [0.25, 0.3) is 0 Å². The molecule has 0 unspecified atom stereocenters. The van der Waals surface area contributed by atoms with Crippen LogP contribution in [-0.2, 0) is 0 Å². The molecule has 2 heterocycles. The van der Waals surface area contributed by atoms with Crippen LogP contribution in [0.4, 0.5) is 0 Å². The van der Waals surface area contributed by atoms with Gasteiger partial charge >= 0.3 is 0 Å². The van der Waals surface area contributed by atoms with Crippen LogP contribution in [0, 0.1) is 5.41 Å². The van der Waals surface area contributed by atoms with Gasteiger partial charge in [-0.2, -0.15) is 0 Å². The number of hydrogen-bond donors (Lipinski definition) is 0. The van der Waals surface area contributed by atoms with Crippen molar-refractivity contribution in [3.8, 4) is 0 Å². The van der Waals surface area contributed by atoms with E-state index in [9.17, 15) is 0 Å². The first kappa shape index (κ1) is 5.78. The predicted octanol–water partition coefficient (Wildman–Crippen LogP) is 0.595. The van der Waals surface area contributed by atoms with E-state index in [0.717, 1.165) is 5.41 Å². The summed E-state index contributed by atoms with van der Waals surface area (Å²) in [6, 6.07) is 0. The average molecular weight is 123 g/mol. The minimum Gasteiger partial charge on any atom is -0.306 e. The maximum Gasteiger partial charge on any atom is 0.121 e. The third-order valence-electron chi connectivity index (χ3n) is 3.04. The summed E-state index contributed by atoms with van der Waals surface area (Å²) in [5.74, 6) is 0. The van der Waals surface area contributed by atoms with Crippen LogP contribution in [-0.4, -0.2) is 32.3 Å². The Hall–Kier alpha value is 0.0249. The number of nitrogens with zero attached hydrogens (tertiary/aromatic N) is 1. The lowest BCUT2D eigenvalue weighted by molar-refractivity contribution is 0.313. The second-order valence-corrected chi connectivity index (χ2v) is 3.84. The quantitative estimate of drug-likeness (QED) is 0.426. The van der Waals surface area contributed by atoms with Crippen molar-refractivity contribution < 1.29 is 0 Å². The van der Waals surface area contributed by atoms with Gasteiger partial charge in [0.15, 0.2) is 0 Å². The summed E-state index contributed by atoms with van der Waals surface area (Å²) >= 11 is 0. The van der Waals surface area contributed by atoms with Crippen LogP contribution < -0.4 is 0 Å². The third-order valence-corrected chi connectivity index (χ3v) is 3.04. The van der Waals surface area contributed by atoms with Gasteiger partial charge < -0.3 is 4.90 Å². The lowest BCUT2D eigenvalue weighted by Crippen LogP contribution is -2.35. The molecule has 0 aromatic rings. The monoisotopic (exact) mass is 123 g/mol. The van der Waals surface area contributed by atoms with Gasteiger partial charge in [-0.15, -0.1) is 0 Å². The van der Waals surface area contributed by atoms with E-state index >= 15 is 0 Å². The van der Waals surface area contributed by atoms with Crippen molar-refractivity contribution in [1.82, 2.24) is 4.90 Å². The van der Waals surface area contributed by atoms with E-state index in [-0.39, 0.29) is 0 Å². The molecular formula is C7H14BN. The highest BCUT2D eigenvalue weighted by molar-refractivity contribution is 6.40. The van der Waals surface area contributed by atoms with Crippen molar-refractivity contribution in [2.45, 2.75) is 19.1 Å². The maximum atomic E-state index is 2.47. The fourth-order valence-corrected chi connectivity index (χ4v) is 2.24. The van der Waals surface area contributed by atoms with Gasteiger partial charge in [-0.25, -0.2) is 0 Å².